The van der Waals surface area contributed by atoms with Gasteiger partial charge in [-0.3, -0.25) is 4.79 Å². The molecule has 0 unspecified atom stereocenters. The molecule has 0 saturated heterocycles. The smallest absolute Gasteiger partial charge is 0.240 e. The van der Waals surface area contributed by atoms with E-state index in [4.69, 9.17) is 5.11 Å². The monoisotopic (exact) mass is 276 g/mol. The highest BCUT2D eigenvalue weighted by Gasteiger charge is 1.99. The predicted octanol–water partition coefficient (Wildman–Crippen LogP) is 3.59. The molecule has 2 N–H and O–H groups in total. The Balaban J connectivity index is 2.12. The van der Waals surface area contributed by atoms with E-state index in [1.54, 1.807) is 30.5 Å². The van der Waals surface area contributed by atoms with Crippen molar-refractivity contribution in [2.24, 2.45) is 5.10 Å². The van der Waals surface area contributed by atoms with Crippen molar-refractivity contribution < 1.29 is 9.90 Å². The molecule has 0 aromatic heterocycles. The topological polar surface area (TPSA) is 61.7 Å². The average molecular weight is 276 g/mol. The molecule has 0 atom stereocenters. The first-order valence-electron chi connectivity index (χ1n) is 7.33. The van der Waals surface area contributed by atoms with Crippen LogP contribution < -0.4 is 5.43 Å². The minimum absolute atomic E-state index is 0.0458. The number of aromatic hydroxyl groups is 1. The largest absolute Gasteiger partial charge is 0.508 e. The lowest BCUT2D eigenvalue weighted by Crippen LogP contribution is -2.16. The van der Waals surface area contributed by atoms with Gasteiger partial charge in [-0.25, -0.2) is 5.43 Å². The number of carbonyl (C=O) groups is 1. The van der Waals surface area contributed by atoms with Crippen LogP contribution in [0.3, 0.4) is 0 Å². The first-order valence-corrected chi connectivity index (χ1v) is 7.33. The summed E-state index contributed by atoms with van der Waals surface area (Å²) in [6, 6.07) is 6.64. The lowest BCUT2D eigenvalue weighted by molar-refractivity contribution is -0.121. The molecule has 0 heterocycles. The zero-order valence-corrected chi connectivity index (χ0v) is 12.1. The van der Waals surface area contributed by atoms with Gasteiger partial charge in [-0.15, -0.1) is 0 Å². The van der Waals surface area contributed by atoms with Crippen molar-refractivity contribution in [3.05, 3.63) is 29.8 Å². The van der Waals surface area contributed by atoms with Gasteiger partial charge in [0, 0.05) is 6.42 Å². The zero-order chi connectivity index (χ0) is 14.6. The molecule has 0 saturated carbocycles. The van der Waals surface area contributed by atoms with Gasteiger partial charge in [0.15, 0.2) is 0 Å². The van der Waals surface area contributed by atoms with E-state index in [2.05, 4.69) is 17.5 Å². The van der Waals surface area contributed by atoms with Crippen LogP contribution in [0.15, 0.2) is 29.4 Å². The van der Waals surface area contributed by atoms with Gasteiger partial charge in [0.1, 0.15) is 5.75 Å². The van der Waals surface area contributed by atoms with Crippen molar-refractivity contribution in [1.29, 1.82) is 0 Å². The number of hydrogen-bond acceptors (Lipinski definition) is 3. The molecule has 1 rings (SSSR count). The van der Waals surface area contributed by atoms with Gasteiger partial charge in [-0.2, -0.15) is 5.10 Å². The number of unbranched alkanes of at least 4 members (excludes halogenated alkanes) is 5. The Kier molecular flexibility index (Phi) is 8.11. The molecule has 1 aromatic rings. The number of hydrogen-bond donors (Lipinski definition) is 2. The number of phenolic OH excluding ortho intramolecular Hbond substituents is 1. The first kappa shape index (κ1) is 16.2. The molecule has 4 nitrogen and oxygen atoms in total. The summed E-state index contributed by atoms with van der Waals surface area (Å²) in [6.07, 6.45) is 9.11. The molecule has 0 spiro atoms. The van der Waals surface area contributed by atoms with E-state index in [9.17, 15) is 4.79 Å². The van der Waals surface area contributed by atoms with Crippen LogP contribution >= 0.6 is 0 Å². The Labute approximate surface area is 120 Å². The molecule has 0 aliphatic carbocycles. The van der Waals surface area contributed by atoms with E-state index in [0.29, 0.717) is 6.42 Å². The van der Waals surface area contributed by atoms with Gasteiger partial charge in [0.2, 0.25) is 5.91 Å². The third kappa shape index (κ3) is 7.56. The summed E-state index contributed by atoms with van der Waals surface area (Å²) in [4.78, 5) is 11.5. The second-order valence-electron chi connectivity index (χ2n) is 4.90. The van der Waals surface area contributed by atoms with E-state index in [1.807, 2.05) is 0 Å². The van der Waals surface area contributed by atoms with E-state index in [1.165, 1.54) is 25.7 Å². The molecule has 0 aliphatic rings. The number of phenols is 1. The van der Waals surface area contributed by atoms with Crippen LogP contribution in [0.25, 0.3) is 0 Å². The lowest BCUT2D eigenvalue weighted by atomic mass is 10.1. The van der Waals surface area contributed by atoms with Crippen LogP contribution in [-0.4, -0.2) is 17.2 Å². The number of amides is 1. The van der Waals surface area contributed by atoms with Crippen LogP contribution in [-0.2, 0) is 4.79 Å². The second kappa shape index (κ2) is 10.0. The quantitative estimate of drug-likeness (QED) is 0.411. The highest BCUT2D eigenvalue weighted by Crippen LogP contribution is 2.08. The summed E-state index contributed by atoms with van der Waals surface area (Å²) in [5.41, 5.74) is 3.35. The third-order valence-electron chi connectivity index (χ3n) is 3.05. The first-order chi connectivity index (χ1) is 9.72. The Morgan fingerprint density at radius 1 is 1.15 bits per heavy atom. The molecule has 0 fully saturated rings. The third-order valence-corrected chi connectivity index (χ3v) is 3.05. The number of rotatable bonds is 9. The summed E-state index contributed by atoms with van der Waals surface area (Å²) >= 11 is 0. The summed E-state index contributed by atoms with van der Waals surface area (Å²) < 4.78 is 0. The molecule has 4 heteroatoms. The summed E-state index contributed by atoms with van der Waals surface area (Å²) in [7, 11) is 0. The average Bonchev–Trinajstić information content (AvgIpc) is 2.45. The maximum atomic E-state index is 11.5. The fourth-order valence-corrected chi connectivity index (χ4v) is 1.86. The van der Waals surface area contributed by atoms with Crippen LogP contribution in [0, 0.1) is 0 Å². The number of nitrogens with zero attached hydrogens (tertiary/aromatic N) is 1. The Morgan fingerprint density at radius 3 is 2.50 bits per heavy atom. The van der Waals surface area contributed by atoms with E-state index in [0.717, 1.165) is 18.4 Å². The number of carbonyl (C=O) groups excluding carboxylic acids is 1. The molecule has 20 heavy (non-hydrogen) atoms. The minimum Gasteiger partial charge on any atom is -0.508 e. The van der Waals surface area contributed by atoms with Gasteiger partial charge >= 0.3 is 0 Å². The van der Waals surface area contributed by atoms with Crippen molar-refractivity contribution >= 4 is 12.1 Å². The molecular formula is C16H24N2O2. The molecule has 0 bridgehead atoms. The Morgan fingerprint density at radius 2 is 1.80 bits per heavy atom. The van der Waals surface area contributed by atoms with E-state index in [-0.39, 0.29) is 11.7 Å². The van der Waals surface area contributed by atoms with Crippen LogP contribution in [0.4, 0.5) is 0 Å². The van der Waals surface area contributed by atoms with Gasteiger partial charge in [0.05, 0.1) is 6.21 Å². The summed E-state index contributed by atoms with van der Waals surface area (Å²) in [6.45, 7) is 2.19. The van der Waals surface area contributed by atoms with Gasteiger partial charge in [0.25, 0.3) is 0 Å². The van der Waals surface area contributed by atoms with Gasteiger partial charge < -0.3 is 5.11 Å². The van der Waals surface area contributed by atoms with Gasteiger partial charge in [-0.1, -0.05) is 39.0 Å². The molecule has 0 radical (unpaired) electrons. The Hall–Kier alpha value is -1.84. The fourth-order valence-electron chi connectivity index (χ4n) is 1.86. The molecule has 0 aliphatic heterocycles. The molecule has 1 aromatic carbocycles. The van der Waals surface area contributed by atoms with Crippen molar-refractivity contribution in [1.82, 2.24) is 5.43 Å². The van der Waals surface area contributed by atoms with Gasteiger partial charge in [-0.05, 0) is 36.2 Å². The second-order valence-corrected chi connectivity index (χ2v) is 4.90. The maximum absolute atomic E-state index is 11.5. The number of nitrogens with one attached hydrogen (secondary N) is 1. The van der Waals surface area contributed by atoms with Crippen LogP contribution in [0.5, 0.6) is 5.75 Å². The SMILES string of the molecule is CCCCCCCCC(=O)NN=Cc1ccc(O)cc1. The van der Waals surface area contributed by atoms with Crippen molar-refractivity contribution in [3.8, 4) is 5.75 Å². The highest BCUT2D eigenvalue weighted by molar-refractivity contribution is 5.82. The lowest BCUT2D eigenvalue weighted by Gasteiger charge is -2.00. The van der Waals surface area contributed by atoms with E-state index >= 15 is 0 Å². The highest BCUT2D eigenvalue weighted by atomic mass is 16.3. The standard InChI is InChI=1S/C16H24N2O2/c1-2-3-4-5-6-7-8-16(20)18-17-13-14-9-11-15(19)12-10-14/h9-13,19H,2-8H2,1H3,(H,18,20). The van der Waals surface area contributed by atoms with E-state index < -0.39 is 0 Å². The normalized spacial score (nSPS) is 10.8. The van der Waals surface area contributed by atoms with Crippen molar-refractivity contribution in [2.45, 2.75) is 51.9 Å². The predicted molar refractivity (Wildman–Crippen MR) is 81.8 cm³/mol. The molecule has 1 amide bonds. The minimum atomic E-state index is -0.0458. The molecule has 110 valence electrons. The number of hydrazone groups is 1. The van der Waals surface area contributed by atoms with Crippen molar-refractivity contribution in [2.75, 3.05) is 0 Å². The number of benzene rings is 1. The van der Waals surface area contributed by atoms with Crippen LogP contribution in [0.1, 0.15) is 57.4 Å². The Bertz CT molecular complexity index is 413. The fraction of sp³-hybridized carbons (Fsp3) is 0.500. The molecular weight excluding hydrogens is 252 g/mol. The zero-order valence-electron chi connectivity index (χ0n) is 12.1. The van der Waals surface area contributed by atoms with Crippen molar-refractivity contribution in [3.63, 3.8) is 0 Å². The maximum Gasteiger partial charge on any atom is 0.240 e. The van der Waals surface area contributed by atoms with Crippen LogP contribution in [0.2, 0.25) is 0 Å². The summed E-state index contributed by atoms with van der Waals surface area (Å²) in [5.74, 6) is 0.171. The summed E-state index contributed by atoms with van der Waals surface area (Å²) in [5, 5.41) is 13.0.